The van der Waals surface area contributed by atoms with Crippen molar-refractivity contribution in [2.45, 2.75) is 31.2 Å². The van der Waals surface area contributed by atoms with Crippen LogP contribution in [-0.4, -0.2) is 26.2 Å². The molecule has 0 fully saturated rings. The van der Waals surface area contributed by atoms with Crippen LogP contribution < -0.4 is 4.72 Å². The molecule has 19 heavy (non-hydrogen) atoms. The Morgan fingerprint density at radius 3 is 2.53 bits per heavy atom. The first-order chi connectivity index (χ1) is 8.77. The summed E-state index contributed by atoms with van der Waals surface area (Å²) in [6.45, 7) is 3.54. The summed E-state index contributed by atoms with van der Waals surface area (Å²) < 4.78 is 40.8. The van der Waals surface area contributed by atoms with E-state index in [9.17, 15) is 12.8 Å². The molecule has 2 N–H and O–H groups in total. The van der Waals surface area contributed by atoms with E-state index in [1.165, 1.54) is 12.1 Å². The summed E-state index contributed by atoms with van der Waals surface area (Å²) >= 11 is 3.07. The third kappa shape index (κ3) is 4.52. The predicted molar refractivity (Wildman–Crippen MR) is 74.8 cm³/mol. The van der Waals surface area contributed by atoms with E-state index in [1.54, 1.807) is 0 Å². The smallest absolute Gasteiger partial charge is 0.243 e. The molecular formula is C12H17BrFNO3S. The number of halogens is 2. The summed E-state index contributed by atoms with van der Waals surface area (Å²) in [5, 5.41) is 8.93. The molecular weight excluding hydrogens is 337 g/mol. The molecule has 0 aliphatic rings. The lowest BCUT2D eigenvalue weighted by atomic mass is 10.0. The molecule has 0 saturated carbocycles. The zero-order chi connectivity index (χ0) is 14.6. The van der Waals surface area contributed by atoms with E-state index < -0.39 is 21.9 Å². The van der Waals surface area contributed by atoms with Crippen LogP contribution in [0, 0.1) is 11.7 Å². The van der Waals surface area contributed by atoms with Gasteiger partial charge in [-0.1, -0.05) is 29.8 Å². The van der Waals surface area contributed by atoms with Crippen molar-refractivity contribution >= 4 is 26.0 Å². The molecule has 108 valence electrons. The third-order valence-corrected chi connectivity index (χ3v) is 4.75. The fourth-order valence-electron chi connectivity index (χ4n) is 1.62. The van der Waals surface area contributed by atoms with Crippen molar-refractivity contribution in [3.63, 3.8) is 0 Å². The van der Waals surface area contributed by atoms with Gasteiger partial charge in [-0.15, -0.1) is 0 Å². The standard InChI is InChI=1S/C12H17BrFNO3S/c1-8(2)11(5-6-16)15-19(17,18)12-4-3-9(13)7-10(12)14/h3-4,7-8,11,15-16H,5-6H2,1-2H3. The number of aliphatic hydroxyl groups excluding tert-OH is 1. The SMILES string of the molecule is CC(C)C(CCO)NS(=O)(=O)c1ccc(Br)cc1F. The average Bonchev–Trinajstić information content (AvgIpc) is 2.27. The highest BCUT2D eigenvalue weighted by Crippen LogP contribution is 2.20. The van der Waals surface area contributed by atoms with Crippen LogP contribution in [0.2, 0.25) is 0 Å². The fraction of sp³-hybridized carbons (Fsp3) is 0.500. The van der Waals surface area contributed by atoms with Gasteiger partial charge < -0.3 is 5.11 Å². The molecule has 1 aromatic carbocycles. The number of sulfonamides is 1. The zero-order valence-electron chi connectivity index (χ0n) is 10.7. The molecule has 0 aliphatic heterocycles. The van der Waals surface area contributed by atoms with Crippen LogP contribution in [0.25, 0.3) is 0 Å². The van der Waals surface area contributed by atoms with Crippen molar-refractivity contribution in [2.24, 2.45) is 5.92 Å². The van der Waals surface area contributed by atoms with Crippen molar-refractivity contribution in [3.05, 3.63) is 28.5 Å². The molecule has 0 bridgehead atoms. The maximum atomic E-state index is 13.7. The molecule has 7 heteroatoms. The maximum absolute atomic E-state index is 13.7. The topological polar surface area (TPSA) is 66.4 Å². The summed E-state index contributed by atoms with van der Waals surface area (Å²) in [5.41, 5.74) is 0. The summed E-state index contributed by atoms with van der Waals surface area (Å²) in [4.78, 5) is -0.390. The zero-order valence-corrected chi connectivity index (χ0v) is 13.1. The van der Waals surface area contributed by atoms with E-state index in [0.717, 1.165) is 6.07 Å². The number of benzene rings is 1. The number of nitrogens with one attached hydrogen (secondary N) is 1. The van der Waals surface area contributed by atoms with Crippen LogP contribution in [-0.2, 0) is 10.0 Å². The van der Waals surface area contributed by atoms with Gasteiger partial charge in [-0.3, -0.25) is 0 Å². The number of hydrogen-bond donors (Lipinski definition) is 2. The van der Waals surface area contributed by atoms with Crippen LogP contribution in [0.1, 0.15) is 20.3 Å². The molecule has 0 aromatic heterocycles. The van der Waals surface area contributed by atoms with E-state index in [-0.39, 0.29) is 23.8 Å². The van der Waals surface area contributed by atoms with Gasteiger partial charge in [0.2, 0.25) is 10.0 Å². The Morgan fingerprint density at radius 2 is 2.05 bits per heavy atom. The molecule has 1 unspecified atom stereocenters. The van der Waals surface area contributed by atoms with Gasteiger partial charge >= 0.3 is 0 Å². The Kier molecular flexibility index (Phi) is 5.91. The Hall–Kier alpha value is -0.500. The first-order valence-corrected chi connectivity index (χ1v) is 8.13. The van der Waals surface area contributed by atoms with Crippen LogP contribution in [0.3, 0.4) is 0 Å². The lowest BCUT2D eigenvalue weighted by Crippen LogP contribution is -2.39. The van der Waals surface area contributed by atoms with E-state index in [1.807, 2.05) is 13.8 Å². The minimum atomic E-state index is -3.93. The highest BCUT2D eigenvalue weighted by Gasteiger charge is 2.24. The molecule has 0 spiro atoms. The molecule has 0 aliphatic carbocycles. The summed E-state index contributed by atoms with van der Waals surface area (Å²) in [6.07, 6.45) is 0.287. The Bertz CT molecular complexity index is 534. The first-order valence-electron chi connectivity index (χ1n) is 5.86. The predicted octanol–water partition coefficient (Wildman–Crippen LogP) is 2.27. The lowest BCUT2D eigenvalue weighted by Gasteiger charge is -2.21. The molecule has 1 rings (SSSR count). The molecule has 0 amide bonds. The van der Waals surface area contributed by atoms with E-state index in [2.05, 4.69) is 20.7 Å². The number of hydrogen-bond acceptors (Lipinski definition) is 3. The monoisotopic (exact) mass is 353 g/mol. The number of aliphatic hydroxyl groups is 1. The van der Waals surface area contributed by atoms with Crippen LogP contribution in [0.5, 0.6) is 0 Å². The van der Waals surface area contributed by atoms with Gasteiger partial charge in [-0.2, -0.15) is 0 Å². The molecule has 1 atom stereocenters. The summed E-state index contributed by atoms with van der Waals surface area (Å²) in [6, 6.07) is 3.34. The summed E-state index contributed by atoms with van der Waals surface area (Å²) in [5.74, 6) is -0.811. The van der Waals surface area contributed by atoms with Crippen molar-refractivity contribution in [2.75, 3.05) is 6.61 Å². The molecule has 0 radical (unpaired) electrons. The molecule has 0 heterocycles. The second-order valence-electron chi connectivity index (χ2n) is 4.56. The highest BCUT2D eigenvalue weighted by molar-refractivity contribution is 9.10. The Balaban J connectivity index is 3.03. The van der Waals surface area contributed by atoms with Crippen LogP contribution in [0.15, 0.2) is 27.6 Å². The fourth-order valence-corrected chi connectivity index (χ4v) is 3.43. The second kappa shape index (κ2) is 6.78. The summed E-state index contributed by atoms with van der Waals surface area (Å²) in [7, 11) is -3.93. The normalized spacial score (nSPS) is 13.8. The quantitative estimate of drug-likeness (QED) is 0.824. The lowest BCUT2D eigenvalue weighted by molar-refractivity contribution is 0.256. The van der Waals surface area contributed by atoms with Gasteiger partial charge in [0.1, 0.15) is 10.7 Å². The van der Waals surface area contributed by atoms with Gasteiger partial charge in [0.15, 0.2) is 0 Å². The van der Waals surface area contributed by atoms with Crippen molar-refractivity contribution < 1.29 is 17.9 Å². The highest BCUT2D eigenvalue weighted by atomic mass is 79.9. The first kappa shape index (κ1) is 16.6. The Morgan fingerprint density at radius 1 is 1.42 bits per heavy atom. The van der Waals surface area contributed by atoms with E-state index >= 15 is 0 Å². The van der Waals surface area contributed by atoms with Gasteiger partial charge in [0.25, 0.3) is 0 Å². The van der Waals surface area contributed by atoms with Gasteiger partial charge in [0.05, 0.1) is 0 Å². The van der Waals surface area contributed by atoms with E-state index in [4.69, 9.17) is 5.11 Å². The van der Waals surface area contributed by atoms with Gasteiger partial charge in [-0.05, 0) is 30.5 Å². The third-order valence-electron chi connectivity index (χ3n) is 2.73. The van der Waals surface area contributed by atoms with Crippen molar-refractivity contribution in [3.8, 4) is 0 Å². The maximum Gasteiger partial charge on any atom is 0.243 e. The van der Waals surface area contributed by atoms with Crippen LogP contribution >= 0.6 is 15.9 Å². The average molecular weight is 354 g/mol. The van der Waals surface area contributed by atoms with E-state index in [0.29, 0.717) is 4.47 Å². The minimum Gasteiger partial charge on any atom is -0.396 e. The second-order valence-corrected chi connectivity index (χ2v) is 7.16. The molecule has 1 aromatic rings. The number of rotatable bonds is 6. The van der Waals surface area contributed by atoms with Crippen LogP contribution in [0.4, 0.5) is 4.39 Å². The Labute approximate surface area is 121 Å². The van der Waals surface area contributed by atoms with Crippen molar-refractivity contribution in [1.82, 2.24) is 4.72 Å². The van der Waals surface area contributed by atoms with Gasteiger partial charge in [0, 0.05) is 17.1 Å². The van der Waals surface area contributed by atoms with Gasteiger partial charge in [-0.25, -0.2) is 17.5 Å². The molecule has 0 saturated heterocycles. The molecule has 4 nitrogen and oxygen atoms in total. The van der Waals surface area contributed by atoms with Crippen molar-refractivity contribution in [1.29, 1.82) is 0 Å². The largest absolute Gasteiger partial charge is 0.396 e. The minimum absolute atomic E-state index is 0.000402.